The van der Waals surface area contributed by atoms with E-state index >= 15 is 0 Å². The van der Waals surface area contributed by atoms with E-state index in [0.717, 1.165) is 0 Å². The van der Waals surface area contributed by atoms with Gasteiger partial charge in [0.05, 0.1) is 5.69 Å². The number of piperazine rings is 1. The SMILES string of the molecule is CC(C)(C)OC(=O)NC(C)(C)C(=O)N1CCN(C(=O)Nc2ccn(-c3ccc(C(N)C(=O)O)cc3)c(=O)n2)CC1. The van der Waals surface area contributed by atoms with Crippen molar-refractivity contribution in [3.05, 3.63) is 52.6 Å². The van der Waals surface area contributed by atoms with E-state index in [4.69, 9.17) is 15.6 Å². The quantitative estimate of drug-likeness (QED) is 0.406. The highest BCUT2D eigenvalue weighted by molar-refractivity contribution is 5.90. The second-order valence-electron chi connectivity index (χ2n) is 10.8. The first-order valence-electron chi connectivity index (χ1n) is 12.6. The number of benzene rings is 1. The van der Waals surface area contributed by atoms with Gasteiger partial charge in [0.1, 0.15) is 23.0 Å². The zero-order valence-electron chi connectivity index (χ0n) is 23.1. The van der Waals surface area contributed by atoms with Crippen molar-refractivity contribution in [1.29, 1.82) is 0 Å². The summed E-state index contributed by atoms with van der Waals surface area (Å²) in [6.07, 6.45) is 0.741. The fourth-order valence-electron chi connectivity index (χ4n) is 3.96. The molecule has 2 aromatic rings. The molecule has 1 fully saturated rings. The van der Waals surface area contributed by atoms with Crippen molar-refractivity contribution >= 4 is 29.8 Å². The van der Waals surface area contributed by atoms with Crippen LogP contribution in [-0.4, -0.2) is 85.8 Å². The Bertz CT molecular complexity index is 1320. The van der Waals surface area contributed by atoms with Crippen molar-refractivity contribution < 1.29 is 29.0 Å². The molecule has 0 bridgehead atoms. The molecule has 14 heteroatoms. The Morgan fingerprint density at radius 2 is 1.55 bits per heavy atom. The zero-order valence-corrected chi connectivity index (χ0v) is 23.1. The van der Waals surface area contributed by atoms with Crippen LogP contribution in [0, 0.1) is 0 Å². The number of carbonyl (C=O) groups excluding carboxylic acids is 3. The molecule has 216 valence electrons. The first-order chi connectivity index (χ1) is 18.6. The molecule has 2 heterocycles. The number of amides is 4. The Hall–Kier alpha value is -4.46. The number of hydrogen-bond acceptors (Lipinski definition) is 8. The van der Waals surface area contributed by atoms with Gasteiger partial charge in [0, 0.05) is 32.4 Å². The Morgan fingerprint density at radius 3 is 2.08 bits per heavy atom. The van der Waals surface area contributed by atoms with Crippen molar-refractivity contribution in [2.24, 2.45) is 5.73 Å². The number of hydrogen-bond donors (Lipinski definition) is 4. The molecule has 4 amide bonds. The molecule has 1 aliphatic rings. The van der Waals surface area contributed by atoms with Crippen LogP contribution in [-0.2, 0) is 14.3 Å². The lowest BCUT2D eigenvalue weighted by Crippen LogP contribution is -2.60. The maximum absolute atomic E-state index is 13.0. The van der Waals surface area contributed by atoms with Crippen LogP contribution < -0.4 is 22.1 Å². The molecular weight excluding hydrogens is 522 g/mol. The number of nitrogens with one attached hydrogen (secondary N) is 2. The molecule has 0 spiro atoms. The van der Waals surface area contributed by atoms with Crippen molar-refractivity contribution in [3.63, 3.8) is 0 Å². The highest BCUT2D eigenvalue weighted by atomic mass is 16.6. The molecule has 1 unspecified atom stereocenters. The topological polar surface area (TPSA) is 189 Å². The number of ether oxygens (including phenoxy) is 1. The van der Waals surface area contributed by atoms with Gasteiger partial charge in [-0.2, -0.15) is 4.98 Å². The minimum Gasteiger partial charge on any atom is -0.480 e. The number of anilines is 1. The predicted octanol–water partition coefficient (Wildman–Crippen LogP) is 1.30. The van der Waals surface area contributed by atoms with E-state index in [2.05, 4.69) is 15.6 Å². The third kappa shape index (κ3) is 7.56. The molecule has 40 heavy (non-hydrogen) atoms. The number of urea groups is 1. The maximum atomic E-state index is 13.0. The van der Waals surface area contributed by atoms with Gasteiger partial charge in [-0.1, -0.05) is 12.1 Å². The fraction of sp³-hybridized carbons (Fsp3) is 0.462. The monoisotopic (exact) mass is 557 g/mol. The molecule has 1 atom stereocenters. The van der Waals surface area contributed by atoms with Gasteiger partial charge in [-0.3, -0.25) is 19.5 Å². The van der Waals surface area contributed by atoms with Gasteiger partial charge in [-0.25, -0.2) is 14.4 Å². The molecule has 1 aromatic heterocycles. The molecule has 0 saturated carbocycles. The van der Waals surface area contributed by atoms with Crippen LogP contribution in [0.15, 0.2) is 41.3 Å². The molecule has 14 nitrogen and oxygen atoms in total. The number of nitrogens with zero attached hydrogens (tertiary/aromatic N) is 4. The summed E-state index contributed by atoms with van der Waals surface area (Å²) in [7, 11) is 0. The van der Waals surface area contributed by atoms with Crippen LogP contribution in [0.2, 0.25) is 0 Å². The lowest BCUT2D eigenvalue weighted by atomic mass is 10.0. The Kier molecular flexibility index (Phi) is 8.83. The smallest absolute Gasteiger partial charge is 0.408 e. The average Bonchev–Trinajstić information content (AvgIpc) is 2.86. The lowest BCUT2D eigenvalue weighted by molar-refractivity contribution is -0.139. The molecule has 3 rings (SSSR count). The third-order valence-corrected chi connectivity index (χ3v) is 6.04. The fourth-order valence-corrected chi connectivity index (χ4v) is 3.96. The van der Waals surface area contributed by atoms with E-state index in [1.54, 1.807) is 51.7 Å². The number of carboxylic acid groups (broad SMARTS) is 1. The molecule has 5 N–H and O–H groups in total. The molecular formula is C26H35N7O7. The summed E-state index contributed by atoms with van der Waals surface area (Å²) in [5, 5.41) is 14.2. The van der Waals surface area contributed by atoms with Gasteiger partial charge in [-0.05, 0) is 58.4 Å². The zero-order chi connectivity index (χ0) is 29.8. The van der Waals surface area contributed by atoms with Crippen molar-refractivity contribution in [2.45, 2.75) is 51.8 Å². The van der Waals surface area contributed by atoms with Crippen LogP contribution >= 0.6 is 0 Å². The number of aliphatic carboxylic acids is 1. The molecule has 0 radical (unpaired) electrons. The molecule has 0 aliphatic carbocycles. The van der Waals surface area contributed by atoms with E-state index in [0.29, 0.717) is 11.3 Å². The predicted molar refractivity (Wildman–Crippen MR) is 145 cm³/mol. The summed E-state index contributed by atoms with van der Waals surface area (Å²) < 4.78 is 6.48. The van der Waals surface area contributed by atoms with Crippen LogP contribution in [0.3, 0.4) is 0 Å². The van der Waals surface area contributed by atoms with Gasteiger partial charge in [0.15, 0.2) is 0 Å². The summed E-state index contributed by atoms with van der Waals surface area (Å²) in [5.74, 6) is -1.42. The van der Waals surface area contributed by atoms with Gasteiger partial charge in [0.2, 0.25) is 5.91 Å². The van der Waals surface area contributed by atoms with Crippen LogP contribution in [0.4, 0.5) is 15.4 Å². The molecule has 1 aliphatic heterocycles. The summed E-state index contributed by atoms with van der Waals surface area (Å²) in [4.78, 5) is 68.5. The minimum absolute atomic E-state index is 0.0527. The van der Waals surface area contributed by atoms with E-state index in [1.807, 2.05) is 0 Å². The number of carboxylic acids is 1. The number of rotatable bonds is 6. The van der Waals surface area contributed by atoms with Gasteiger partial charge in [0.25, 0.3) is 0 Å². The minimum atomic E-state index is -1.21. The number of alkyl carbamates (subject to hydrolysis) is 1. The summed E-state index contributed by atoms with van der Waals surface area (Å²) in [5.41, 5.74) is 3.87. The maximum Gasteiger partial charge on any atom is 0.408 e. The standard InChI is InChI=1S/C26H35N7O7/c1-25(2,3)40-24(39)30-26(4,5)21(36)31-12-14-32(15-13-31)22(37)28-18-10-11-33(23(38)29-18)17-8-6-16(7-9-17)19(27)20(34)35/h6-11,19H,12-15,27H2,1-5H3,(H,30,39)(H,34,35)(H,28,29,37,38). The van der Waals surface area contributed by atoms with Crippen molar-refractivity contribution in [3.8, 4) is 5.69 Å². The van der Waals surface area contributed by atoms with Crippen LogP contribution in [0.25, 0.3) is 5.69 Å². The summed E-state index contributed by atoms with van der Waals surface area (Å²) >= 11 is 0. The summed E-state index contributed by atoms with van der Waals surface area (Å²) in [6.45, 7) is 9.35. The van der Waals surface area contributed by atoms with Crippen LogP contribution in [0.1, 0.15) is 46.2 Å². The van der Waals surface area contributed by atoms with Gasteiger partial charge >= 0.3 is 23.8 Å². The third-order valence-electron chi connectivity index (χ3n) is 6.04. The van der Waals surface area contributed by atoms with E-state index in [1.165, 1.54) is 33.9 Å². The highest BCUT2D eigenvalue weighted by Crippen LogP contribution is 2.16. The molecule has 1 aromatic carbocycles. The van der Waals surface area contributed by atoms with Crippen molar-refractivity contribution in [2.75, 3.05) is 31.5 Å². The van der Waals surface area contributed by atoms with E-state index < -0.39 is 41.0 Å². The van der Waals surface area contributed by atoms with Crippen molar-refractivity contribution in [1.82, 2.24) is 24.7 Å². The highest BCUT2D eigenvalue weighted by Gasteiger charge is 2.36. The number of nitrogens with two attached hydrogens (primary N) is 1. The van der Waals surface area contributed by atoms with Gasteiger partial charge < -0.3 is 30.7 Å². The van der Waals surface area contributed by atoms with Gasteiger partial charge in [-0.15, -0.1) is 0 Å². The Labute approximate surface area is 231 Å². The number of carbonyl (C=O) groups is 4. The molecule has 1 saturated heterocycles. The summed E-state index contributed by atoms with van der Waals surface area (Å²) in [6, 6.07) is 5.91. The number of aromatic nitrogens is 2. The average molecular weight is 558 g/mol. The van der Waals surface area contributed by atoms with Crippen LogP contribution in [0.5, 0.6) is 0 Å². The first kappa shape index (κ1) is 30.1. The lowest BCUT2D eigenvalue weighted by Gasteiger charge is -2.38. The second kappa shape index (κ2) is 11.7. The van der Waals surface area contributed by atoms with E-state index in [-0.39, 0.29) is 37.9 Å². The normalized spacial score (nSPS) is 14.8. The largest absolute Gasteiger partial charge is 0.480 e. The Balaban J connectivity index is 1.56. The first-order valence-corrected chi connectivity index (χ1v) is 12.6. The Morgan fingerprint density at radius 1 is 0.975 bits per heavy atom. The second-order valence-corrected chi connectivity index (χ2v) is 10.8. The van der Waals surface area contributed by atoms with E-state index in [9.17, 15) is 24.0 Å².